The first-order valence-corrected chi connectivity index (χ1v) is 11.0. The lowest BCUT2D eigenvalue weighted by Gasteiger charge is -2.13. The highest BCUT2D eigenvalue weighted by molar-refractivity contribution is 9.10. The Morgan fingerprint density at radius 1 is 1.09 bits per heavy atom. The Labute approximate surface area is 204 Å². The van der Waals surface area contributed by atoms with E-state index in [1.54, 1.807) is 30.3 Å². The average molecular weight is 531 g/mol. The van der Waals surface area contributed by atoms with Crippen molar-refractivity contribution in [1.82, 2.24) is 5.43 Å². The van der Waals surface area contributed by atoms with Gasteiger partial charge in [0.2, 0.25) is 0 Å². The quantitative estimate of drug-likeness (QED) is 0.253. The van der Waals surface area contributed by atoms with Gasteiger partial charge in [-0.05, 0) is 63.8 Å². The zero-order valence-electron chi connectivity index (χ0n) is 17.9. The molecule has 3 aromatic carbocycles. The minimum atomic E-state index is -0.920. The van der Waals surface area contributed by atoms with E-state index < -0.39 is 11.8 Å². The van der Waals surface area contributed by atoms with E-state index in [0.29, 0.717) is 38.9 Å². The lowest BCUT2D eigenvalue weighted by atomic mass is 10.2. The number of benzene rings is 3. The third kappa shape index (κ3) is 6.81. The maximum absolute atomic E-state index is 12.1. The van der Waals surface area contributed by atoms with Crippen molar-refractivity contribution in [3.05, 3.63) is 86.8 Å². The molecule has 0 aromatic heterocycles. The SMILES string of the molecule is COc1cc(/C=N/NC(=O)C(=O)Nc2ccc(C)c(Cl)c2)cc(Br)c1OCc1ccccc1. The van der Waals surface area contributed by atoms with Crippen LogP contribution in [0, 0.1) is 6.92 Å². The van der Waals surface area contributed by atoms with Gasteiger partial charge >= 0.3 is 11.8 Å². The molecule has 0 bridgehead atoms. The second-order valence-corrected chi connectivity index (χ2v) is 8.19. The summed E-state index contributed by atoms with van der Waals surface area (Å²) in [5.41, 5.74) is 5.11. The summed E-state index contributed by atoms with van der Waals surface area (Å²) < 4.78 is 12.0. The highest BCUT2D eigenvalue weighted by Crippen LogP contribution is 2.36. The second-order valence-electron chi connectivity index (χ2n) is 6.93. The number of nitrogens with zero attached hydrogens (tertiary/aromatic N) is 1. The van der Waals surface area contributed by atoms with E-state index >= 15 is 0 Å². The Bertz CT molecular complexity index is 1190. The van der Waals surface area contributed by atoms with Gasteiger partial charge in [0.1, 0.15) is 6.61 Å². The molecule has 0 radical (unpaired) electrons. The number of hydrazone groups is 1. The van der Waals surface area contributed by atoms with Crippen molar-refractivity contribution < 1.29 is 19.1 Å². The number of aryl methyl sites for hydroxylation is 1. The first-order chi connectivity index (χ1) is 15.9. The highest BCUT2D eigenvalue weighted by atomic mass is 79.9. The summed E-state index contributed by atoms with van der Waals surface area (Å²) in [5, 5.41) is 6.80. The van der Waals surface area contributed by atoms with Gasteiger partial charge in [0.25, 0.3) is 0 Å². The Kier molecular flexibility index (Phi) is 8.46. The topological polar surface area (TPSA) is 89.0 Å². The molecule has 0 fully saturated rings. The van der Waals surface area contributed by atoms with Gasteiger partial charge in [-0.2, -0.15) is 5.10 Å². The van der Waals surface area contributed by atoms with Gasteiger partial charge in [-0.3, -0.25) is 9.59 Å². The molecule has 0 aliphatic rings. The van der Waals surface area contributed by atoms with Crippen molar-refractivity contribution in [2.45, 2.75) is 13.5 Å². The molecule has 0 saturated heterocycles. The lowest BCUT2D eigenvalue weighted by Crippen LogP contribution is -2.32. The van der Waals surface area contributed by atoms with Gasteiger partial charge in [0, 0.05) is 10.7 Å². The Hall–Kier alpha value is -3.36. The maximum Gasteiger partial charge on any atom is 0.329 e. The molecule has 0 unspecified atom stereocenters. The van der Waals surface area contributed by atoms with E-state index in [9.17, 15) is 9.59 Å². The third-order valence-electron chi connectivity index (χ3n) is 4.49. The molecule has 0 heterocycles. The number of rotatable bonds is 7. The number of carbonyl (C=O) groups is 2. The number of ether oxygens (including phenoxy) is 2. The standard InChI is InChI=1S/C24H21BrClN3O4/c1-15-8-9-18(12-20(15)26)28-23(30)24(31)29-27-13-17-10-19(25)22(21(11-17)32-2)33-14-16-6-4-3-5-7-16/h3-13H,14H2,1-2H3,(H,28,30)(H,29,31)/b27-13+. The number of hydrogen-bond donors (Lipinski definition) is 2. The fourth-order valence-electron chi connectivity index (χ4n) is 2.76. The van der Waals surface area contributed by atoms with Gasteiger partial charge < -0.3 is 14.8 Å². The number of nitrogens with one attached hydrogen (secondary N) is 2. The fourth-order valence-corrected chi connectivity index (χ4v) is 3.51. The second kappa shape index (κ2) is 11.5. The summed E-state index contributed by atoms with van der Waals surface area (Å²) in [6, 6.07) is 18.2. The zero-order chi connectivity index (χ0) is 23.8. The van der Waals surface area contributed by atoms with Crippen LogP contribution >= 0.6 is 27.5 Å². The third-order valence-corrected chi connectivity index (χ3v) is 5.49. The molecule has 0 aliphatic heterocycles. The molecule has 0 spiro atoms. The summed E-state index contributed by atoms with van der Waals surface area (Å²) in [6.07, 6.45) is 1.39. The van der Waals surface area contributed by atoms with Crippen molar-refractivity contribution in [1.29, 1.82) is 0 Å². The summed E-state index contributed by atoms with van der Waals surface area (Å²) in [6.45, 7) is 2.21. The molecule has 0 saturated carbocycles. The number of methoxy groups -OCH3 is 1. The fraction of sp³-hybridized carbons (Fsp3) is 0.125. The summed E-state index contributed by atoms with van der Waals surface area (Å²) in [5.74, 6) is -0.756. The Morgan fingerprint density at radius 3 is 2.55 bits per heavy atom. The monoisotopic (exact) mass is 529 g/mol. The predicted octanol–water partition coefficient (Wildman–Crippen LogP) is 5.09. The van der Waals surface area contributed by atoms with Crippen LogP contribution in [0.2, 0.25) is 5.02 Å². The maximum atomic E-state index is 12.1. The minimum absolute atomic E-state index is 0.376. The number of halogens is 2. The average Bonchev–Trinajstić information content (AvgIpc) is 2.81. The lowest BCUT2D eigenvalue weighted by molar-refractivity contribution is -0.136. The molecule has 9 heteroatoms. The van der Waals surface area contributed by atoms with E-state index in [4.69, 9.17) is 21.1 Å². The molecule has 33 heavy (non-hydrogen) atoms. The summed E-state index contributed by atoms with van der Waals surface area (Å²) >= 11 is 9.50. The summed E-state index contributed by atoms with van der Waals surface area (Å²) in [7, 11) is 1.53. The van der Waals surface area contributed by atoms with Crippen LogP contribution in [0.15, 0.2) is 70.2 Å². The molecule has 7 nitrogen and oxygen atoms in total. The van der Waals surface area contributed by atoms with Crippen molar-refractivity contribution in [3.8, 4) is 11.5 Å². The van der Waals surface area contributed by atoms with Crippen molar-refractivity contribution in [2.24, 2.45) is 5.10 Å². The number of amides is 2. The van der Waals surface area contributed by atoms with Crippen LogP contribution in [0.3, 0.4) is 0 Å². The number of hydrogen-bond acceptors (Lipinski definition) is 5. The van der Waals surface area contributed by atoms with Gasteiger partial charge in [0.05, 0.1) is 17.8 Å². The Balaban J connectivity index is 1.61. The van der Waals surface area contributed by atoms with Gasteiger partial charge in [-0.1, -0.05) is 48.0 Å². The van der Waals surface area contributed by atoms with Gasteiger partial charge in [-0.25, -0.2) is 5.43 Å². The molecule has 3 rings (SSSR count). The normalized spacial score (nSPS) is 10.7. The molecule has 170 valence electrons. The molecular formula is C24H21BrClN3O4. The van der Waals surface area contributed by atoms with E-state index in [-0.39, 0.29) is 0 Å². The summed E-state index contributed by atoms with van der Waals surface area (Å²) in [4.78, 5) is 24.1. The predicted molar refractivity (Wildman–Crippen MR) is 132 cm³/mol. The van der Waals surface area contributed by atoms with Crippen molar-refractivity contribution in [3.63, 3.8) is 0 Å². The van der Waals surface area contributed by atoms with Gasteiger partial charge in [0.15, 0.2) is 11.5 Å². The van der Waals surface area contributed by atoms with E-state index in [1.165, 1.54) is 13.3 Å². The zero-order valence-corrected chi connectivity index (χ0v) is 20.2. The number of anilines is 1. The molecule has 0 aliphatic carbocycles. The molecule has 2 N–H and O–H groups in total. The molecule has 3 aromatic rings. The largest absolute Gasteiger partial charge is 0.493 e. The van der Waals surface area contributed by atoms with E-state index in [0.717, 1.165) is 11.1 Å². The van der Waals surface area contributed by atoms with E-state index in [2.05, 4.69) is 31.8 Å². The Morgan fingerprint density at radius 2 is 1.85 bits per heavy atom. The molecule has 2 amide bonds. The minimum Gasteiger partial charge on any atom is -0.493 e. The van der Waals surface area contributed by atoms with E-state index in [1.807, 2.05) is 37.3 Å². The first-order valence-electron chi connectivity index (χ1n) is 9.82. The first kappa shape index (κ1) is 24.3. The van der Waals surface area contributed by atoms with Crippen molar-refractivity contribution >= 4 is 51.2 Å². The number of carbonyl (C=O) groups excluding carboxylic acids is 2. The van der Waals surface area contributed by atoms with Crippen LogP contribution in [-0.2, 0) is 16.2 Å². The molecule has 0 atom stereocenters. The van der Waals surface area contributed by atoms with Crippen LogP contribution in [0.25, 0.3) is 0 Å². The van der Waals surface area contributed by atoms with Crippen LogP contribution in [0.4, 0.5) is 5.69 Å². The molecular weight excluding hydrogens is 510 g/mol. The van der Waals surface area contributed by atoms with Crippen LogP contribution in [-0.4, -0.2) is 25.1 Å². The van der Waals surface area contributed by atoms with Crippen LogP contribution in [0.5, 0.6) is 11.5 Å². The van der Waals surface area contributed by atoms with Crippen LogP contribution in [0.1, 0.15) is 16.7 Å². The van der Waals surface area contributed by atoms with Crippen molar-refractivity contribution in [2.75, 3.05) is 12.4 Å². The van der Waals surface area contributed by atoms with Gasteiger partial charge in [-0.15, -0.1) is 0 Å². The highest BCUT2D eigenvalue weighted by Gasteiger charge is 2.14. The smallest absolute Gasteiger partial charge is 0.329 e. The van der Waals surface area contributed by atoms with Crippen LogP contribution < -0.4 is 20.2 Å².